The van der Waals surface area contributed by atoms with E-state index in [0.717, 1.165) is 88.5 Å². The minimum Gasteiger partial charge on any atom is -0.309 e. The van der Waals surface area contributed by atoms with Crippen molar-refractivity contribution in [1.82, 2.24) is 24.1 Å². The summed E-state index contributed by atoms with van der Waals surface area (Å²) in [7, 11) is 0. The molecule has 12 rings (SSSR count). The summed E-state index contributed by atoms with van der Waals surface area (Å²) in [4.78, 5) is 15.4. The number of nitriles is 2. The van der Waals surface area contributed by atoms with E-state index >= 15 is 0 Å². The molecule has 7 nitrogen and oxygen atoms in total. The average molecular weight is 842 g/mol. The molecular formula is C59H35N7. The number of para-hydroxylation sites is 3. The maximum atomic E-state index is 9.95. The van der Waals surface area contributed by atoms with E-state index in [4.69, 9.17) is 15.0 Å². The number of rotatable bonds is 7. The number of hydrogen-bond donors (Lipinski definition) is 0. The quantitative estimate of drug-likeness (QED) is 0.159. The molecule has 0 aliphatic carbocycles. The summed E-state index contributed by atoms with van der Waals surface area (Å²) in [5.41, 5.74) is 13.6. The Kier molecular flexibility index (Phi) is 9.12. The van der Waals surface area contributed by atoms with Gasteiger partial charge in [-0.25, -0.2) is 15.0 Å². The summed E-state index contributed by atoms with van der Waals surface area (Å²) in [6.07, 6.45) is 0. The molecular weight excluding hydrogens is 807 g/mol. The van der Waals surface area contributed by atoms with Gasteiger partial charge in [-0.2, -0.15) is 10.5 Å². The van der Waals surface area contributed by atoms with Crippen molar-refractivity contribution in [3.05, 3.63) is 223 Å². The van der Waals surface area contributed by atoms with E-state index in [1.807, 2.05) is 109 Å². The Hall–Kier alpha value is -9.43. The molecule has 306 valence electrons. The molecule has 0 atom stereocenters. The first kappa shape index (κ1) is 38.3. The van der Waals surface area contributed by atoms with E-state index < -0.39 is 0 Å². The molecule has 12 aromatic rings. The Morgan fingerprint density at radius 2 is 0.727 bits per heavy atom. The Balaban J connectivity index is 1.23. The topological polar surface area (TPSA) is 96.1 Å². The highest BCUT2D eigenvalue weighted by molar-refractivity contribution is 6.19. The lowest BCUT2D eigenvalue weighted by molar-refractivity contribution is 1.07. The highest BCUT2D eigenvalue weighted by Gasteiger charge is 2.25. The zero-order valence-electron chi connectivity index (χ0n) is 35.3. The summed E-state index contributed by atoms with van der Waals surface area (Å²) < 4.78 is 4.74. The van der Waals surface area contributed by atoms with E-state index in [0.29, 0.717) is 28.6 Å². The van der Waals surface area contributed by atoms with Gasteiger partial charge in [0.2, 0.25) is 0 Å². The van der Waals surface area contributed by atoms with Crippen molar-refractivity contribution in [1.29, 1.82) is 10.5 Å². The van der Waals surface area contributed by atoms with Crippen LogP contribution in [0.3, 0.4) is 0 Å². The van der Waals surface area contributed by atoms with Gasteiger partial charge in [-0.05, 0) is 83.9 Å². The molecule has 0 spiro atoms. The molecule has 9 aromatic carbocycles. The molecule has 7 heteroatoms. The third-order valence-corrected chi connectivity index (χ3v) is 12.4. The third-order valence-electron chi connectivity index (χ3n) is 12.4. The van der Waals surface area contributed by atoms with Crippen LogP contribution in [0.2, 0.25) is 0 Å². The van der Waals surface area contributed by atoms with Crippen molar-refractivity contribution in [3.8, 4) is 79.9 Å². The van der Waals surface area contributed by atoms with Gasteiger partial charge in [0, 0.05) is 55.0 Å². The standard InChI is InChI=1S/C59H35N7/c60-36-38-24-28-40(29-25-38)48-32-44(59-63-57(42-14-4-1-5-15-42)62-58(64-59)43-16-6-2-7-17-43)33-49(41-30-26-39(37-61)27-31-41)56(48)66-53-23-13-11-21-47(53)51-34-50-46-20-10-12-22-52(46)65(54(50)35-55(51)66)45-18-8-3-9-19-45/h1-35H. The van der Waals surface area contributed by atoms with E-state index in [9.17, 15) is 10.5 Å². The maximum Gasteiger partial charge on any atom is 0.164 e. The van der Waals surface area contributed by atoms with Gasteiger partial charge in [0.1, 0.15) is 0 Å². The molecule has 0 fully saturated rings. The van der Waals surface area contributed by atoms with Crippen molar-refractivity contribution >= 4 is 43.6 Å². The fourth-order valence-corrected chi connectivity index (χ4v) is 9.36. The Morgan fingerprint density at radius 3 is 1.21 bits per heavy atom. The number of nitrogens with zero attached hydrogens (tertiary/aromatic N) is 7. The Morgan fingerprint density at radius 1 is 0.318 bits per heavy atom. The van der Waals surface area contributed by atoms with Crippen molar-refractivity contribution in [3.63, 3.8) is 0 Å². The predicted octanol–water partition coefficient (Wildman–Crippen LogP) is 14.1. The van der Waals surface area contributed by atoms with E-state index in [-0.39, 0.29) is 0 Å². The van der Waals surface area contributed by atoms with Crippen molar-refractivity contribution in [2.24, 2.45) is 0 Å². The lowest BCUT2D eigenvalue weighted by Gasteiger charge is -2.21. The van der Waals surface area contributed by atoms with Crippen LogP contribution in [0.25, 0.3) is 111 Å². The van der Waals surface area contributed by atoms with Crippen LogP contribution in [0.5, 0.6) is 0 Å². The second kappa shape index (κ2) is 15.7. The lowest BCUT2D eigenvalue weighted by Crippen LogP contribution is -2.04. The first-order valence-corrected chi connectivity index (χ1v) is 21.7. The first-order valence-electron chi connectivity index (χ1n) is 21.7. The molecule has 0 aliphatic heterocycles. The minimum atomic E-state index is 0.510. The van der Waals surface area contributed by atoms with Crippen LogP contribution in [0.15, 0.2) is 212 Å². The summed E-state index contributed by atoms with van der Waals surface area (Å²) in [5.74, 6) is 1.63. The third kappa shape index (κ3) is 6.39. The van der Waals surface area contributed by atoms with E-state index in [1.54, 1.807) is 0 Å². The van der Waals surface area contributed by atoms with Gasteiger partial charge in [-0.1, -0.05) is 140 Å². The van der Waals surface area contributed by atoms with Crippen LogP contribution < -0.4 is 0 Å². The fraction of sp³-hybridized carbons (Fsp3) is 0. The van der Waals surface area contributed by atoms with Crippen LogP contribution in [0, 0.1) is 22.7 Å². The minimum absolute atomic E-state index is 0.510. The highest BCUT2D eigenvalue weighted by atomic mass is 15.0. The molecule has 3 aromatic heterocycles. The van der Waals surface area contributed by atoms with Crippen molar-refractivity contribution in [2.45, 2.75) is 0 Å². The molecule has 0 N–H and O–H groups in total. The largest absolute Gasteiger partial charge is 0.309 e. The normalized spacial score (nSPS) is 11.3. The van der Waals surface area contributed by atoms with E-state index in [1.165, 1.54) is 5.39 Å². The summed E-state index contributed by atoms with van der Waals surface area (Å²) in [6.45, 7) is 0. The van der Waals surface area contributed by atoms with Gasteiger partial charge in [0.15, 0.2) is 17.5 Å². The van der Waals surface area contributed by atoms with E-state index in [2.05, 4.69) is 124 Å². The average Bonchev–Trinajstić information content (AvgIpc) is 3.90. The van der Waals surface area contributed by atoms with Crippen LogP contribution in [-0.4, -0.2) is 24.1 Å². The van der Waals surface area contributed by atoms with Gasteiger partial charge in [0.25, 0.3) is 0 Å². The number of benzene rings is 9. The summed E-state index contributed by atoms with van der Waals surface area (Å²) in [5, 5.41) is 24.5. The Bertz CT molecular complexity index is 3780. The van der Waals surface area contributed by atoms with Crippen LogP contribution >= 0.6 is 0 Å². The first-order chi connectivity index (χ1) is 32.6. The Labute approximate surface area is 380 Å². The van der Waals surface area contributed by atoms with Crippen LogP contribution in [-0.2, 0) is 0 Å². The van der Waals surface area contributed by atoms with Gasteiger partial charge in [-0.3, -0.25) is 0 Å². The van der Waals surface area contributed by atoms with Crippen LogP contribution in [0.4, 0.5) is 0 Å². The molecule has 0 saturated heterocycles. The predicted molar refractivity (Wildman–Crippen MR) is 265 cm³/mol. The van der Waals surface area contributed by atoms with Gasteiger partial charge in [-0.15, -0.1) is 0 Å². The summed E-state index contributed by atoms with van der Waals surface area (Å²) in [6, 6.07) is 76.9. The molecule has 0 aliphatic rings. The molecule has 3 heterocycles. The summed E-state index contributed by atoms with van der Waals surface area (Å²) >= 11 is 0. The van der Waals surface area contributed by atoms with Crippen LogP contribution in [0.1, 0.15) is 11.1 Å². The zero-order valence-corrected chi connectivity index (χ0v) is 35.3. The lowest BCUT2D eigenvalue weighted by atomic mass is 9.91. The monoisotopic (exact) mass is 841 g/mol. The van der Waals surface area contributed by atoms with Crippen molar-refractivity contribution < 1.29 is 0 Å². The van der Waals surface area contributed by atoms with Crippen molar-refractivity contribution in [2.75, 3.05) is 0 Å². The smallest absolute Gasteiger partial charge is 0.164 e. The highest BCUT2D eigenvalue weighted by Crippen LogP contribution is 2.46. The number of hydrogen-bond acceptors (Lipinski definition) is 5. The second-order valence-corrected chi connectivity index (χ2v) is 16.3. The molecule has 0 radical (unpaired) electrons. The van der Waals surface area contributed by atoms with Gasteiger partial charge in [0.05, 0.1) is 51.0 Å². The molecule has 0 bridgehead atoms. The number of fused-ring (bicyclic) bond motifs is 6. The second-order valence-electron chi connectivity index (χ2n) is 16.3. The molecule has 0 saturated carbocycles. The molecule has 66 heavy (non-hydrogen) atoms. The fourth-order valence-electron chi connectivity index (χ4n) is 9.36. The molecule has 0 unspecified atom stereocenters. The zero-order chi connectivity index (χ0) is 44.1. The SMILES string of the molecule is N#Cc1ccc(-c2cc(-c3nc(-c4ccccc4)nc(-c4ccccc4)n3)cc(-c3ccc(C#N)cc3)c2-n2c3ccccc3c3cc4c5ccccc5n(-c5ccccc5)c4cc32)cc1. The van der Waals surface area contributed by atoms with Gasteiger partial charge >= 0.3 is 0 Å². The molecule has 0 amide bonds. The maximum absolute atomic E-state index is 9.95. The van der Waals surface area contributed by atoms with Gasteiger partial charge < -0.3 is 9.13 Å². The number of aromatic nitrogens is 5.